The molecule has 1 spiro atoms. The fourth-order valence-corrected chi connectivity index (χ4v) is 13.0. The lowest BCUT2D eigenvalue weighted by atomic mass is 9.44. The SMILES string of the molecule is COC(=O)C(C)=CCC12OC(C)(C)C3CC(C1=O)C1C4=C(c5ccccc5C4=O)N(CCN)C4=C1C32Oc1c(CC=C(C)C)c2c(c(O[C@H]3O[C@@H](CO)[C@H](O)[C@@H](O)[C@@H]3O)c14)C=CC(C)(CCC=C(C)C)O2. The van der Waals surface area contributed by atoms with Gasteiger partial charge in [-0.05, 0) is 93.2 Å². The molecule has 6 unspecified atom stereocenters. The van der Waals surface area contributed by atoms with E-state index in [1.807, 2.05) is 78.8 Å². The van der Waals surface area contributed by atoms with Crippen LogP contribution in [0, 0.1) is 17.8 Å². The summed E-state index contributed by atoms with van der Waals surface area (Å²) >= 11 is 0. The van der Waals surface area contributed by atoms with Gasteiger partial charge in [-0.1, -0.05) is 53.6 Å². The third-order valence-corrected chi connectivity index (χ3v) is 16.2. The van der Waals surface area contributed by atoms with E-state index in [9.17, 15) is 25.2 Å². The molecule has 2 saturated heterocycles. The van der Waals surface area contributed by atoms with Crippen molar-refractivity contribution in [2.24, 2.45) is 23.5 Å². The van der Waals surface area contributed by atoms with Gasteiger partial charge in [0.15, 0.2) is 22.8 Å². The van der Waals surface area contributed by atoms with Gasteiger partial charge in [-0.25, -0.2) is 4.79 Å². The Hall–Kier alpha value is -5.39. The van der Waals surface area contributed by atoms with Crippen molar-refractivity contribution in [3.05, 3.63) is 104 Å². The molecule has 71 heavy (non-hydrogen) atoms. The maximum atomic E-state index is 16.1. The molecule has 9 aliphatic rings. The van der Waals surface area contributed by atoms with E-state index in [1.165, 1.54) is 12.7 Å². The number of ketones is 2. The van der Waals surface area contributed by atoms with Crippen molar-refractivity contribution in [1.82, 2.24) is 4.90 Å². The van der Waals surface area contributed by atoms with Crippen LogP contribution in [0.2, 0.25) is 0 Å². The molecule has 0 amide bonds. The molecule has 6 N–H and O–H groups in total. The molecule has 4 aliphatic carbocycles. The van der Waals surface area contributed by atoms with Crippen LogP contribution in [-0.2, 0) is 30.2 Å². The van der Waals surface area contributed by atoms with Gasteiger partial charge in [0.25, 0.3) is 0 Å². The zero-order chi connectivity index (χ0) is 50.9. The monoisotopic (exact) mass is 974 g/mol. The van der Waals surface area contributed by atoms with E-state index in [1.54, 1.807) is 19.1 Å². The van der Waals surface area contributed by atoms with Crippen molar-refractivity contribution in [2.45, 2.75) is 141 Å². The lowest BCUT2D eigenvalue weighted by Crippen LogP contribution is -2.75. The number of Topliss-reactive ketones (excluding diaryl/α,β-unsaturated/α-hetero) is 2. The van der Waals surface area contributed by atoms with Gasteiger partial charge in [0, 0.05) is 70.7 Å². The highest BCUT2D eigenvalue weighted by Gasteiger charge is 2.84. The molecule has 5 fully saturated rings. The van der Waals surface area contributed by atoms with Gasteiger partial charge in [-0.2, -0.15) is 0 Å². The van der Waals surface area contributed by atoms with Crippen LogP contribution in [0.3, 0.4) is 0 Å². The molecule has 2 aromatic rings. The van der Waals surface area contributed by atoms with Crippen molar-refractivity contribution < 1.29 is 63.2 Å². The Balaban J connectivity index is 1.34. The molecular formula is C56H66N2O13. The molecule has 15 nitrogen and oxygen atoms in total. The van der Waals surface area contributed by atoms with Crippen molar-refractivity contribution in [1.29, 1.82) is 0 Å². The van der Waals surface area contributed by atoms with Gasteiger partial charge in [-0.3, -0.25) is 9.59 Å². The highest BCUT2D eigenvalue weighted by atomic mass is 16.7. The van der Waals surface area contributed by atoms with Gasteiger partial charge in [0.1, 0.15) is 47.3 Å². The Morgan fingerprint density at radius 3 is 2.32 bits per heavy atom. The number of carbonyl (C=O) groups excluding carboxylic acids is 3. The summed E-state index contributed by atoms with van der Waals surface area (Å²) in [5.74, 6) is -2.19. The molecule has 11 atom stereocenters. The number of hydrogen-bond acceptors (Lipinski definition) is 15. The minimum atomic E-state index is -1.80. The van der Waals surface area contributed by atoms with Crippen LogP contribution in [-0.4, -0.2) is 123 Å². The fraction of sp³-hybridized carbons (Fsp3) is 0.518. The number of esters is 1. The first-order valence-electron chi connectivity index (χ1n) is 24.8. The predicted octanol–water partition coefficient (Wildman–Crippen LogP) is 5.90. The van der Waals surface area contributed by atoms with Gasteiger partial charge in [0.05, 0.1) is 41.8 Å². The smallest absolute Gasteiger partial charge is 0.333 e. The number of aliphatic hydroxyl groups excluding tert-OH is 4. The topological polar surface area (TPSA) is 217 Å². The van der Waals surface area contributed by atoms with Crippen LogP contribution in [0.15, 0.2) is 76.4 Å². The number of rotatable bonds is 13. The minimum Gasteiger partial charge on any atom is -0.482 e. The average molecular weight is 975 g/mol. The number of nitrogens with two attached hydrogens (primary N) is 1. The van der Waals surface area contributed by atoms with Crippen molar-refractivity contribution >= 4 is 35.0 Å². The molecular weight excluding hydrogens is 909 g/mol. The summed E-state index contributed by atoms with van der Waals surface area (Å²) in [6.45, 7) is 15.3. The van der Waals surface area contributed by atoms with E-state index in [2.05, 4.69) is 17.1 Å². The summed E-state index contributed by atoms with van der Waals surface area (Å²) < 4.78 is 40.8. The average Bonchev–Trinajstić information content (AvgIpc) is 3.70. The van der Waals surface area contributed by atoms with Crippen molar-refractivity contribution in [3.63, 3.8) is 0 Å². The second-order valence-corrected chi connectivity index (χ2v) is 21.7. The van der Waals surface area contributed by atoms with Gasteiger partial charge < -0.3 is 59.5 Å². The number of hydrogen-bond donors (Lipinski definition) is 5. The van der Waals surface area contributed by atoms with E-state index >= 15 is 9.59 Å². The Morgan fingerprint density at radius 1 is 0.930 bits per heavy atom. The molecule has 5 heterocycles. The second kappa shape index (κ2) is 17.4. The largest absolute Gasteiger partial charge is 0.482 e. The summed E-state index contributed by atoms with van der Waals surface area (Å²) in [4.78, 5) is 46.4. The summed E-state index contributed by atoms with van der Waals surface area (Å²) in [6, 6.07) is 7.41. The number of carbonyl (C=O) groups is 3. The van der Waals surface area contributed by atoms with E-state index in [0.29, 0.717) is 87.5 Å². The highest BCUT2D eigenvalue weighted by Crippen LogP contribution is 2.75. The Bertz CT molecular complexity index is 2830. The van der Waals surface area contributed by atoms with Crippen LogP contribution >= 0.6 is 0 Å². The first-order valence-corrected chi connectivity index (χ1v) is 24.8. The third kappa shape index (κ3) is 7.04. The van der Waals surface area contributed by atoms with E-state index < -0.39 is 83.4 Å². The Kier molecular flexibility index (Phi) is 12.1. The molecule has 11 rings (SSSR count). The summed E-state index contributed by atoms with van der Waals surface area (Å²) in [6.07, 6.45) is 3.52. The molecule has 5 aliphatic heterocycles. The number of allylic oxidation sites excluding steroid dienone is 5. The quantitative estimate of drug-likeness (QED) is 0.0897. The Labute approximate surface area is 414 Å². The highest BCUT2D eigenvalue weighted by molar-refractivity contribution is 6.23. The molecule has 2 aromatic carbocycles. The molecule has 15 heteroatoms. The molecule has 3 saturated carbocycles. The number of methoxy groups -OCH3 is 1. The lowest BCUT2D eigenvalue weighted by molar-refractivity contribution is -0.277. The molecule has 0 radical (unpaired) electrons. The van der Waals surface area contributed by atoms with Crippen molar-refractivity contribution in [3.8, 4) is 17.2 Å². The van der Waals surface area contributed by atoms with E-state index in [-0.39, 0.29) is 42.4 Å². The summed E-state index contributed by atoms with van der Waals surface area (Å²) in [7, 11) is 1.30. The van der Waals surface area contributed by atoms with Gasteiger partial charge in [0.2, 0.25) is 6.29 Å². The maximum absolute atomic E-state index is 16.1. The van der Waals surface area contributed by atoms with Crippen LogP contribution in [0.4, 0.5) is 0 Å². The molecule has 378 valence electrons. The van der Waals surface area contributed by atoms with Crippen LogP contribution in [0.5, 0.6) is 17.2 Å². The zero-order valence-corrected chi connectivity index (χ0v) is 42.0. The van der Waals surface area contributed by atoms with Gasteiger partial charge in [-0.15, -0.1) is 0 Å². The summed E-state index contributed by atoms with van der Waals surface area (Å²) in [5, 5.41) is 44.2. The number of aliphatic hydroxyl groups is 4. The van der Waals surface area contributed by atoms with Crippen LogP contribution < -0.4 is 19.9 Å². The second-order valence-electron chi connectivity index (χ2n) is 21.7. The van der Waals surface area contributed by atoms with Gasteiger partial charge >= 0.3 is 5.97 Å². The van der Waals surface area contributed by atoms with E-state index in [0.717, 1.165) is 5.57 Å². The number of benzene rings is 2. The normalized spacial score (nSPS) is 33.4. The van der Waals surface area contributed by atoms with Crippen LogP contribution in [0.1, 0.15) is 114 Å². The third-order valence-electron chi connectivity index (χ3n) is 16.2. The number of fused-ring (bicyclic) bond motifs is 5. The first kappa shape index (κ1) is 49.2. The number of ether oxygens (including phenoxy) is 6. The molecule has 0 aromatic heterocycles. The number of nitrogens with zero attached hydrogens (tertiary/aromatic N) is 1. The maximum Gasteiger partial charge on any atom is 0.333 e. The predicted molar refractivity (Wildman–Crippen MR) is 263 cm³/mol. The van der Waals surface area contributed by atoms with E-state index in [4.69, 9.17) is 34.2 Å². The van der Waals surface area contributed by atoms with Crippen LogP contribution in [0.25, 0.3) is 17.5 Å². The first-order chi connectivity index (χ1) is 33.7. The fourth-order valence-electron chi connectivity index (χ4n) is 13.0. The summed E-state index contributed by atoms with van der Waals surface area (Å²) in [5.41, 5.74) is 8.91. The Morgan fingerprint density at radius 2 is 1.65 bits per heavy atom. The standard InChI is InChI=1S/C56H66N2O13/c1-27(2)13-12-20-54(8)21-19-33-47(69-54)32(17-16-28(3)4)49-39(48(33)68-52-46(63)45(62)44(61)35(26-59)67-52)42-40-37(38-41(58(42)24-23-57)30-14-10-11-15-31(30)43(38)60)34-25-36-53(6,7)71-55(50(34)64,56(36,40)70-49)22-18-29(5)51(65)66-9/h10-11,13-16,18-19,21,34-37,44-46,52,59,61-63H,12,17,20,22-26,57H2,1-9H3/t34?,35-,36?,37?,44-,45+,46-,52+,54?,55?,56?/m0/s1. The van der Waals surface area contributed by atoms with Crippen molar-refractivity contribution in [2.75, 3.05) is 26.8 Å². The zero-order valence-electron chi connectivity index (χ0n) is 42.0. The molecule has 4 bridgehead atoms. The lowest BCUT2D eigenvalue weighted by Gasteiger charge is -2.63. The minimum absolute atomic E-state index is 0.0663.